The van der Waals surface area contributed by atoms with Crippen molar-refractivity contribution < 1.29 is 9.47 Å². The lowest BCUT2D eigenvalue weighted by Crippen LogP contribution is -2.05. The Bertz CT molecular complexity index is 627. The van der Waals surface area contributed by atoms with Gasteiger partial charge < -0.3 is 9.47 Å². The van der Waals surface area contributed by atoms with E-state index in [9.17, 15) is 4.79 Å². The second-order valence-electron chi connectivity index (χ2n) is 3.79. The van der Waals surface area contributed by atoms with E-state index >= 15 is 0 Å². The summed E-state index contributed by atoms with van der Waals surface area (Å²) in [6, 6.07) is 8.68. The molecular weight excluding hydrogens is 244 g/mol. The first-order valence-electron chi connectivity index (χ1n) is 5.69. The smallest absolute Gasteiger partial charge is 0.264 e. The van der Waals surface area contributed by atoms with Gasteiger partial charge in [0.2, 0.25) is 0 Å². The first kappa shape index (κ1) is 12.9. The minimum absolute atomic E-state index is 0.219. The van der Waals surface area contributed by atoms with Crippen LogP contribution in [0.2, 0.25) is 0 Å². The Morgan fingerprint density at radius 2 is 1.84 bits per heavy atom. The monoisotopic (exact) mass is 258 g/mol. The van der Waals surface area contributed by atoms with Crippen molar-refractivity contribution in [2.24, 2.45) is 0 Å². The summed E-state index contributed by atoms with van der Waals surface area (Å²) in [6.07, 6.45) is 3.68. The summed E-state index contributed by atoms with van der Waals surface area (Å²) in [6.45, 7) is 0. The van der Waals surface area contributed by atoms with Crippen LogP contribution in [0.4, 0.5) is 0 Å². The Kier molecular flexibility index (Phi) is 3.97. The highest BCUT2D eigenvalue weighted by Crippen LogP contribution is 2.28. The molecule has 1 heterocycles. The molecule has 5 nitrogen and oxygen atoms in total. The van der Waals surface area contributed by atoms with Crippen LogP contribution in [0.3, 0.4) is 0 Å². The maximum atomic E-state index is 10.9. The van der Waals surface area contributed by atoms with Crippen molar-refractivity contribution in [2.75, 3.05) is 14.2 Å². The topological polar surface area (TPSA) is 64.2 Å². The maximum Gasteiger partial charge on any atom is 0.264 e. The summed E-state index contributed by atoms with van der Waals surface area (Å²) < 4.78 is 10.4. The number of aromatic amines is 1. The molecule has 0 radical (unpaired) electrons. The molecule has 98 valence electrons. The SMILES string of the molecule is COc1ccc(/C=C/c2ccc(=O)[nH]n2)cc1OC. The molecule has 0 atom stereocenters. The van der Waals surface area contributed by atoms with E-state index in [4.69, 9.17) is 9.47 Å². The zero-order valence-electron chi connectivity index (χ0n) is 10.7. The van der Waals surface area contributed by atoms with Gasteiger partial charge in [-0.25, -0.2) is 5.10 Å². The highest BCUT2D eigenvalue weighted by molar-refractivity contribution is 5.69. The van der Waals surface area contributed by atoms with Gasteiger partial charge >= 0.3 is 0 Å². The van der Waals surface area contributed by atoms with Crippen LogP contribution in [0.1, 0.15) is 11.3 Å². The van der Waals surface area contributed by atoms with Crippen molar-refractivity contribution in [1.82, 2.24) is 10.2 Å². The molecule has 1 aromatic carbocycles. The highest BCUT2D eigenvalue weighted by Gasteiger charge is 2.02. The van der Waals surface area contributed by atoms with Gasteiger partial charge in [-0.05, 0) is 29.8 Å². The molecule has 0 saturated carbocycles. The van der Waals surface area contributed by atoms with E-state index in [0.29, 0.717) is 17.2 Å². The van der Waals surface area contributed by atoms with Crippen LogP contribution in [0, 0.1) is 0 Å². The highest BCUT2D eigenvalue weighted by atomic mass is 16.5. The number of benzene rings is 1. The molecule has 0 fully saturated rings. The molecule has 2 aromatic rings. The van der Waals surface area contributed by atoms with Crippen molar-refractivity contribution in [3.8, 4) is 11.5 Å². The predicted molar refractivity (Wildman–Crippen MR) is 73.3 cm³/mol. The third-order valence-corrected chi connectivity index (χ3v) is 2.55. The van der Waals surface area contributed by atoms with E-state index in [0.717, 1.165) is 5.56 Å². The number of nitrogens with one attached hydrogen (secondary N) is 1. The fourth-order valence-electron chi connectivity index (χ4n) is 1.59. The average molecular weight is 258 g/mol. The molecular formula is C14H14N2O3. The Labute approximate surface area is 110 Å². The van der Waals surface area contributed by atoms with Crippen molar-refractivity contribution in [3.05, 3.63) is 51.9 Å². The number of rotatable bonds is 4. The van der Waals surface area contributed by atoms with Gasteiger partial charge in [0.1, 0.15) is 0 Å². The third-order valence-electron chi connectivity index (χ3n) is 2.55. The van der Waals surface area contributed by atoms with Gasteiger partial charge in [0.25, 0.3) is 5.56 Å². The van der Waals surface area contributed by atoms with Crippen molar-refractivity contribution >= 4 is 12.2 Å². The molecule has 2 rings (SSSR count). The molecule has 1 N–H and O–H groups in total. The molecule has 1 aromatic heterocycles. The van der Waals surface area contributed by atoms with E-state index in [1.54, 1.807) is 26.4 Å². The summed E-state index contributed by atoms with van der Waals surface area (Å²) in [5.41, 5.74) is 1.41. The Balaban J connectivity index is 2.23. The van der Waals surface area contributed by atoms with Crippen LogP contribution < -0.4 is 15.0 Å². The second kappa shape index (κ2) is 5.86. The van der Waals surface area contributed by atoms with Crippen LogP contribution in [-0.4, -0.2) is 24.4 Å². The number of ether oxygens (including phenoxy) is 2. The van der Waals surface area contributed by atoms with E-state index in [-0.39, 0.29) is 5.56 Å². The van der Waals surface area contributed by atoms with Crippen molar-refractivity contribution in [3.63, 3.8) is 0 Å². The van der Waals surface area contributed by atoms with Gasteiger partial charge in [-0.1, -0.05) is 12.1 Å². The summed E-state index contributed by atoms with van der Waals surface area (Å²) in [7, 11) is 3.19. The normalized spacial score (nSPS) is 10.6. The Morgan fingerprint density at radius 3 is 2.47 bits per heavy atom. The number of H-pyrrole nitrogens is 1. The third kappa shape index (κ3) is 3.22. The van der Waals surface area contributed by atoms with Gasteiger partial charge in [0.15, 0.2) is 11.5 Å². The quantitative estimate of drug-likeness (QED) is 0.910. The van der Waals surface area contributed by atoms with Gasteiger partial charge in [-0.3, -0.25) is 4.79 Å². The number of aromatic nitrogens is 2. The van der Waals surface area contributed by atoms with Crippen molar-refractivity contribution in [1.29, 1.82) is 0 Å². The van der Waals surface area contributed by atoms with Gasteiger partial charge in [0.05, 0.1) is 19.9 Å². The molecule has 0 unspecified atom stereocenters. The summed E-state index contributed by atoms with van der Waals surface area (Å²) in [5.74, 6) is 1.35. The number of nitrogens with zero attached hydrogens (tertiary/aromatic N) is 1. The number of hydrogen-bond acceptors (Lipinski definition) is 4. The molecule has 5 heteroatoms. The van der Waals surface area contributed by atoms with Crippen LogP contribution in [0.15, 0.2) is 35.1 Å². The van der Waals surface area contributed by atoms with Crippen LogP contribution in [0.5, 0.6) is 11.5 Å². The van der Waals surface area contributed by atoms with Crippen molar-refractivity contribution in [2.45, 2.75) is 0 Å². The molecule has 0 aliphatic heterocycles. The molecule has 0 spiro atoms. The fourth-order valence-corrected chi connectivity index (χ4v) is 1.59. The number of methoxy groups -OCH3 is 2. The maximum absolute atomic E-state index is 10.9. The number of hydrogen-bond donors (Lipinski definition) is 1. The van der Waals surface area contributed by atoms with E-state index in [1.807, 2.05) is 24.3 Å². The largest absolute Gasteiger partial charge is 0.493 e. The minimum atomic E-state index is -0.219. The predicted octanol–water partition coefficient (Wildman–Crippen LogP) is 1.96. The first-order chi connectivity index (χ1) is 9.22. The lowest BCUT2D eigenvalue weighted by Gasteiger charge is -2.07. The molecule has 0 bridgehead atoms. The zero-order valence-corrected chi connectivity index (χ0v) is 10.7. The van der Waals surface area contributed by atoms with E-state index < -0.39 is 0 Å². The zero-order chi connectivity index (χ0) is 13.7. The lowest BCUT2D eigenvalue weighted by molar-refractivity contribution is 0.355. The molecule has 0 saturated heterocycles. The molecule has 19 heavy (non-hydrogen) atoms. The second-order valence-corrected chi connectivity index (χ2v) is 3.79. The minimum Gasteiger partial charge on any atom is -0.493 e. The molecule has 0 aliphatic rings. The van der Waals surface area contributed by atoms with Crippen LogP contribution in [0.25, 0.3) is 12.2 Å². The van der Waals surface area contributed by atoms with E-state index in [1.165, 1.54) is 6.07 Å². The summed E-state index contributed by atoms with van der Waals surface area (Å²) in [4.78, 5) is 10.9. The fraction of sp³-hybridized carbons (Fsp3) is 0.143. The average Bonchev–Trinajstić information content (AvgIpc) is 2.46. The summed E-state index contributed by atoms with van der Waals surface area (Å²) >= 11 is 0. The van der Waals surface area contributed by atoms with Gasteiger partial charge in [0, 0.05) is 6.07 Å². The Morgan fingerprint density at radius 1 is 1.05 bits per heavy atom. The van der Waals surface area contributed by atoms with Crippen LogP contribution >= 0.6 is 0 Å². The lowest BCUT2D eigenvalue weighted by atomic mass is 10.1. The van der Waals surface area contributed by atoms with Gasteiger partial charge in [-0.15, -0.1) is 0 Å². The molecule has 0 amide bonds. The summed E-state index contributed by atoms with van der Waals surface area (Å²) in [5, 5.41) is 6.26. The standard InChI is InChI=1S/C14H14N2O3/c1-18-12-7-4-10(9-13(12)19-2)3-5-11-6-8-14(17)16-15-11/h3-9H,1-2H3,(H,16,17)/b5-3+. The van der Waals surface area contributed by atoms with Crippen LogP contribution in [-0.2, 0) is 0 Å². The van der Waals surface area contributed by atoms with Gasteiger partial charge in [-0.2, -0.15) is 5.10 Å². The Hall–Kier alpha value is -2.56. The molecule has 0 aliphatic carbocycles. The first-order valence-corrected chi connectivity index (χ1v) is 5.69. The van der Waals surface area contributed by atoms with E-state index in [2.05, 4.69) is 10.2 Å².